The molecule has 0 amide bonds. The molecule has 4 rings (SSSR count). The maximum absolute atomic E-state index is 13.7. The Bertz CT molecular complexity index is 1020. The van der Waals surface area contributed by atoms with Crippen molar-refractivity contribution in [2.24, 2.45) is 58.2 Å². The summed E-state index contributed by atoms with van der Waals surface area (Å²) in [7, 11) is 0. The second kappa shape index (κ2) is 12.0. The molecule has 0 aromatic heterocycles. The molecule has 7 nitrogen and oxygen atoms in total. The van der Waals surface area contributed by atoms with Gasteiger partial charge in [-0.25, -0.2) is 0 Å². The molecule has 0 saturated heterocycles. The third kappa shape index (κ3) is 5.98. The number of carbonyl (C=O) groups excluding carboxylic acids is 4. The molecule has 4 saturated carbocycles. The fourth-order valence-corrected chi connectivity index (χ4v) is 10.2. The molecule has 0 bridgehead atoms. The summed E-state index contributed by atoms with van der Waals surface area (Å²) in [4.78, 5) is 49.9. The summed E-state index contributed by atoms with van der Waals surface area (Å²) >= 11 is 0. The lowest BCUT2D eigenvalue weighted by molar-refractivity contribution is -0.182. The quantitative estimate of drug-likeness (QED) is 0.240. The van der Waals surface area contributed by atoms with Crippen LogP contribution in [0.2, 0.25) is 0 Å². The molecule has 12 atom stereocenters. The summed E-state index contributed by atoms with van der Waals surface area (Å²) in [6, 6.07) is 0. The van der Waals surface area contributed by atoms with E-state index in [0.29, 0.717) is 42.3 Å². The number of carbonyl (C=O) groups is 4. The highest BCUT2D eigenvalue weighted by atomic mass is 16.6. The lowest BCUT2D eigenvalue weighted by Crippen LogP contribution is -2.57. The topological polar surface area (TPSA) is 96.0 Å². The van der Waals surface area contributed by atoms with Gasteiger partial charge in [-0.15, -0.1) is 0 Å². The molecule has 0 aromatic rings. The summed E-state index contributed by atoms with van der Waals surface area (Å²) in [5.74, 6) is 1.25. The Hall–Kier alpha value is -1.92. The first-order valence-corrected chi connectivity index (χ1v) is 16.1. The largest absolute Gasteiger partial charge is 0.463 e. The fraction of sp³-hybridized carbons (Fsp3) is 0.882. The number of ketones is 1. The van der Waals surface area contributed by atoms with Gasteiger partial charge in [0.15, 0.2) is 0 Å². The van der Waals surface area contributed by atoms with Crippen LogP contribution in [0.15, 0.2) is 0 Å². The Labute approximate surface area is 247 Å². The van der Waals surface area contributed by atoms with Crippen LogP contribution in [0.25, 0.3) is 0 Å². The lowest BCUT2D eigenvalue weighted by Gasteiger charge is -2.60. The number of Topliss-reactive ketones (excluding diaryl/α,β-unsaturated/α-hetero) is 1. The first kappa shape index (κ1) is 32.0. The molecule has 232 valence electrons. The standard InChI is InChI=1S/C34H54O7/c1-18(2)19(3)31(40-22(6)36)32(41-23(7)37)20(4)26-10-11-27-25-17-30(38)29-16-24(39-21(5)35)12-14-34(29,9)28(25)13-15-33(26,27)8/h18-20,24-29,31-32H,10-17H2,1-9H3/t19-,20-,24-,25-,26+,27-,28-,29+,31+,32+,33+,34+/m0/s1. The minimum absolute atomic E-state index is 0.0118. The third-order valence-corrected chi connectivity index (χ3v) is 12.5. The van der Waals surface area contributed by atoms with Gasteiger partial charge in [-0.05, 0) is 91.3 Å². The van der Waals surface area contributed by atoms with Gasteiger partial charge < -0.3 is 14.2 Å². The van der Waals surface area contributed by atoms with Crippen LogP contribution >= 0.6 is 0 Å². The van der Waals surface area contributed by atoms with Crippen molar-refractivity contribution in [1.29, 1.82) is 0 Å². The average molecular weight is 575 g/mol. The first-order valence-electron chi connectivity index (χ1n) is 16.1. The number of esters is 3. The Balaban J connectivity index is 1.59. The molecule has 0 unspecified atom stereocenters. The molecule has 7 heteroatoms. The van der Waals surface area contributed by atoms with Crippen LogP contribution in [0.3, 0.4) is 0 Å². The Kier molecular flexibility index (Phi) is 9.36. The molecule has 0 N–H and O–H groups in total. The summed E-state index contributed by atoms with van der Waals surface area (Å²) in [6.45, 7) is 17.5. The van der Waals surface area contributed by atoms with Crippen molar-refractivity contribution in [3.8, 4) is 0 Å². The van der Waals surface area contributed by atoms with E-state index in [1.54, 1.807) is 0 Å². The molecular formula is C34H54O7. The van der Waals surface area contributed by atoms with E-state index in [1.165, 1.54) is 20.8 Å². The van der Waals surface area contributed by atoms with E-state index >= 15 is 0 Å². The number of hydrogen-bond acceptors (Lipinski definition) is 7. The number of hydrogen-bond donors (Lipinski definition) is 0. The maximum Gasteiger partial charge on any atom is 0.303 e. The highest BCUT2D eigenvalue weighted by molar-refractivity contribution is 5.83. The Morgan fingerprint density at radius 2 is 1.37 bits per heavy atom. The van der Waals surface area contributed by atoms with Gasteiger partial charge in [-0.2, -0.15) is 0 Å². The van der Waals surface area contributed by atoms with Gasteiger partial charge in [0.05, 0.1) is 0 Å². The zero-order valence-electron chi connectivity index (χ0n) is 26.9. The van der Waals surface area contributed by atoms with E-state index in [9.17, 15) is 19.2 Å². The van der Waals surface area contributed by atoms with E-state index in [4.69, 9.17) is 14.2 Å². The SMILES string of the molecule is CC(=O)O[C@H]1CC[C@@]2(C)[C@H](C1)C(=O)C[C@@H]1[C@@H]2CC[C@]2(C)[C@@H]([C@H](C)[C@@H](OC(C)=O)[C@H](OC(C)=O)[C@@H](C)C(C)C)CC[C@@H]12. The lowest BCUT2D eigenvalue weighted by atomic mass is 9.44. The van der Waals surface area contributed by atoms with Crippen LogP contribution < -0.4 is 0 Å². The van der Waals surface area contributed by atoms with Crippen LogP contribution in [-0.2, 0) is 33.4 Å². The Morgan fingerprint density at radius 3 is 1.95 bits per heavy atom. The van der Waals surface area contributed by atoms with Gasteiger partial charge in [0.1, 0.15) is 24.1 Å². The van der Waals surface area contributed by atoms with Crippen molar-refractivity contribution in [2.45, 2.75) is 132 Å². The van der Waals surface area contributed by atoms with E-state index in [1.807, 2.05) is 0 Å². The molecule has 41 heavy (non-hydrogen) atoms. The van der Waals surface area contributed by atoms with Crippen molar-refractivity contribution in [3.63, 3.8) is 0 Å². The van der Waals surface area contributed by atoms with Crippen molar-refractivity contribution < 1.29 is 33.4 Å². The third-order valence-electron chi connectivity index (χ3n) is 12.5. The molecule has 4 aliphatic rings. The summed E-state index contributed by atoms with van der Waals surface area (Å²) in [5.41, 5.74) is -0.0195. The second-order valence-electron chi connectivity index (χ2n) is 15.0. The zero-order chi connectivity index (χ0) is 30.4. The van der Waals surface area contributed by atoms with Gasteiger partial charge >= 0.3 is 17.9 Å². The predicted octanol–water partition coefficient (Wildman–Crippen LogP) is 6.55. The van der Waals surface area contributed by atoms with Crippen molar-refractivity contribution >= 4 is 23.7 Å². The fourth-order valence-electron chi connectivity index (χ4n) is 10.2. The van der Waals surface area contributed by atoms with Gasteiger partial charge in [0, 0.05) is 39.0 Å². The highest BCUT2D eigenvalue weighted by Crippen LogP contribution is 2.68. The summed E-state index contributed by atoms with van der Waals surface area (Å²) in [5, 5.41) is 0. The van der Waals surface area contributed by atoms with E-state index in [2.05, 4.69) is 41.5 Å². The molecule has 4 aliphatic carbocycles. The average Bonchev–Trinajstić information content (AvgIpc) is 3.23. The first-order chi connectivity index (χ1) is 19.1. The molecule has 0 radical (unpaired) electrons. The van der Waals surface area contributed by atoms with E-state index in [0.717, 1.165) is 38.5 Å². The zero-order valence-corrected chi connectivity index (χ0v) is 26.9. The Morgan fingerprint density at radius 1 is 0.780 bits per heavy atom. The van der Waals surface area contributed by atoms with Crippen molar-refractivity contribution in [3.05, 3.63) is 0 Å². The van der Waals surface area contributed by atoms with Crippen LogP contribution in [0, 0.1) is 58.2 Å². The number of fused-ring (bicyclic) bond motifs is 5. The van der Waals surface area contributed by atoms with Gasteiger partial charge in [-0.1, -0.05) is 41.5 Å². The molecule has 0 spiro atoms. The molecule has 4 fully saturated rings. The minimum Gasteiger partial charge on any atom is -0.463 e. The second-order valence-corrected chi connectivity index (χ2v) is 15.0. The summed E-state index contributed by atoms with van der Waals surface area (Å²) in [6.07, 6.45) is 6.15. The van der Waals surface area contributed by atoms with Gasteiger partial charge in [0.25, 0.3) is 0 Å². The van der Waals surface area contributed by atoms with Crippen LogP contribution in [0.1, 0.15) is 114 Å². The maximum atomic E-state index is 13.7. The number of rotatable bonds is 8. The molecule has 0 heterocycles. The van der Waals surface area contributed by atoms with Crippen LogP contribution in [0.5, 0.6) is 0 Å². The molecule has 0 aliphatic heterocycles. The van der Waals surface area contributed by atoms with E-state index in [-0.39, 0.29) is 58.5 Å². The normalized spacial score (nSPS) is 39.4. The van der Waals surface area contributed by atoms with Gasteiger partial charge in [-0.3, -0.25) is 19.2 Å². The molecular weight excluding hydrogens is 520 g/mol. The summed E-state index contributed by atoms with van der Waals surface area (Å²) < 4.78 is 17.5. The van der Waals surface area contributed by atoms with E-state index < -0.39 is 12.2 Å². The van der Waals surface area contributed by atoms with Crippen LogP contribution in [0.4, 0.5) is 0 Å². The predicted molar refractivity (Wildman–Crippen MR) is 155 cm³/mol. The van der Waals surface area contributed by atoms with Crippen LogP contribution in [-0.4, -0.2) is 42.0 Å². The number of ether oxygens (including phenoxy) is 3. The van der Waals surface area contributed by atoms with Crippen molar-refractivity contribution in [2.75, 3.05) is 0 Å². The smallest absolute Gasteiger partial charge is 0.303 e. The van der Waals surface area contributed by atoms with Gasteiger partial charge in [0.2, 0.25) is 0 Å². The minimum atomic E-state index is -0.515. The highest BCUT2D eigenvalue weighted by Gasteiger charge is 2.63. The molecule has 0 aromatic carbocycles. The monoisotopic (exact) mass is 574 g/mol. The van der Waals surface area contributed by atoms with Crippen molar-refractivity contribution in [1.82, 2.24) is 0 Å².